The number of likely N-dealkylation sites (tertiary alicyclic amines) is 1. The number of hydrogen-bond acceptors (Lipinski definition) is 3. The Bertz CT molecular complexity index is 665. The minimum absolute atomic E-state index is 0.263. The number of hydrogen-bond donors (Lipinski definition) is 1. The number of thioether (sulfide) groups is 1. The van der Waals surface area contributed by atoms with Crippen LogP contribution in [0.5, 0.6) is 0 Å². The molecule has 1 aromatic carbocycles. The predicted octanol–water partition coefficient (Wildman–Crippen LogP) is 3.69. The molecule has 2 heterocycles. The molecule has 122 valence electrons. The summed E-state index contributed by atoms with van der Waals surface area (Å²) < 4.78 is 0. The molecule has 1 N–H and O–H groups in total. The van der Waals surface area contributed by atoms with Crippen molar-refractivity contribution in [3.8, 4) is 0 Å². The highest BCUT2D eigenvalue weighted by atomic mass is 32.2. The van der Waals surface area contributed by atoms with E-state index in [1.54, 1.807) is 0 Å². The summed E-state index contributed by atoms with van der Waals surface area (Å²) in [5.41, 5.74) is 2.00. The number of nitrogens with one attached hydrogen (secondary N) is 1. The first-order valence-electron chi connectivity index (χ1n) is 8.65. The van der Waals surface area contributed by atoms with Gasteiger partial charge in [0, 0.05) is 13.1 Å². The first-order chi connectivity index (χ1) is 11.3. The van der Waals surface area contributed by atoms with Crippen molar-refractivity contribution >= 4 is 28.7 Å². The van der Waals surface area contributed by atoms with Crippen LogP contribution in [0, 0.1) is 11.8 Å². The Morgan fingerprint density at radius 1 is 1.22 bits per heavy atom. The van der Waals surface area contributed by atoms with Gasteiger partial charge in [-0.1, -0.05) is 43.2 Å². The average Bonchev–Trinajstić information content (AvgIpc) is 3.02. The number of nitrogens with zero attached hydrogens (tertiary/aromatic N) is 2. The molecule has 1 amide bonds. The number of aromatic amines is 1. The van der Waals surface area contributed by atoms with Crippen LogP contribution in [0.15, 0.2) is 29.4 Å². The molecule has 0 radical (unpaired) electrons. The van der Waals surface area contributed by atoms with E-state index < -0.39 is 0 Å². The van der Waals surface area contributed by atoms with Gasteiger partial charge in [0.25, 0.3) is 0 Å². The molecule has 2 aliphatic rings. The number of amides is 1. The van der Waals surface area contributed by atoms with Crippen molar-refractivity contribution in [3.05, 3.63) is 24.3 Å². The summed E-state index contributed by atoms with van der Waals surface area (Å²) in [6, 6.07) is 7.99. The molecule has 4 nitrogen and oxygen atoms in total. The number of carbonyl (C=O) groups is 1. The number of piperidine rings is 1. The number of H-pyrrole nitrogens is 1. The summed E-state index contributed by atoms with van der Waals surface area (Å²) in [4.78, 5) is 22.4. The van der Waals surface area contributed by atoms with Crippen LogP contribution >= 0.6 is 11.8 Å². The number of aromatic nitrogens is 2. The molecule has 2 atom stereocenters. The summed E-state index contributed by atoms with van der Waals surface area (Å²) in [6.07, 6.45) is 6.62. The van der Waals surface area contributed by atoms with E-state index in [9.17, 15) is 4.79 Å². The second-order valence-electron chi connectivity index (χ2n) is 6.78. The Hall–Kier alpha value is -1.49. The van der Waals surface area contributed by atoms with E-state index >= 15 is 0 Å². The third-order valence-electron chi connectivity index (χ3n) is 5.34. The van der Waals surface area contributed by atoms with Gasteiger partial charge < -0.3 is 9.88 Å². The van der Waals surface area contributed by atoms with Crippen molar-refractivity contribution in [2.75, 3.05) is 18.8 Å². The standard InChI is InChI=1S/C18H23N3OS/c22-17(21-10-9-13-5-1-2-6-14(13)11-21)12-23-18-19-15-7-3-4-8-16(15)20-18/h3-4,7-8,13-14H,1-2,5-6,9-12H2,(H,19,20)/t13-,14+/m1/s1. The van der Waals surface area contributed by atoms with E-state index in [-0.39, 0.29) is 5.91 Å². The number of carbonyl (C=O) groups excluding carboxylic acids is 1. The zero-order chi connectivity index (χ0) is 15.6. The van der Waals surface area contributed by atoms with Gasteiger partial charge in [-0.15, -0.1) is 0 Å². The molecule has 0 spiro atoms. The Morgan fingerprint density at radius 2 is 2.04 bits per heavy atom. The zero-order valence-electron chi connectivity index (χ0n) is 13.3. The van der Waals surface area contributed by atoms with E-state index in [0.29, 0.717) is 5.75 Å². The van der Waals surface area contributed by atoms with Gasteiger partial charge in [0.1, 0.15) is 0 Å². The van der Waals surface area contributed by atoms with Crippen molar-refractivity contribution in [2.45, 2.75) is 37.3 Å². The lowest BCUT2D eigenvalue weighted by molar-refractivity contribution is -0.131. The lowest BCUT2D eigenvalue weighted by atomic mass is 9.75. The Labute approximate surface area is 141 Å². The Morgan fingerprint density at radius 3 is 2.91 bits per heavy atom. The fourth-order valence-corrected chi connectivity index (χ4v) is 4.83. The maximum absolute atomic E-state index is 12.5. The highest BCUT2D eigenvalue weighted by Gasteiger charge is 2.32. The van der Waals surface area contributed by atoms with E-state index in [1.807, 2.05) is 24.3 Å². The van der Waals surface area contributed by atoms with Crippen molar-refractivity contribution < 1.29 is 4.79 Å². The first-order valence-corrected chi connectivity index (χ1v) is 9.63. The van der Waals surface area contributed by atoms with Crippen LogP contribution < -0.4 is 0 Å². The van der Waals surface area contributed by atoms with Gasteiger partial charge in [-0.3, -0.25) is 4.79 Å². The van der Waals surface area contributed by atoms with Gasteiger partial charge in [-0.05, 0) is 36.8 Å². The number of rotatable bonds is 3. The lowest BCUT2D eigenvalue weighted by Crippen LogP contribution is -2.45. The Kier molecular flexibility index (Phi) is 4.29. The fraction of sp³-hybridized carbons (Fsp3) is 0.556. The molecule has 23 heavy (non-hydrogen) atoms. The van der Waals surface area contributed by atoms with Gasteiger partial charge >= 0.3 is 0 Å². The lowest BCUT2D eigenvalue weighted by Gasteiger charge is -2.41. The smallest absolute Gasteiger partial charge is 0.233 e. The average molecular weight is 329 g/mol. The molecule has 2 aromatic rings. The molecule has 1 saturated carbocycles. The topological polar surface area (TPSA) is 49.0 Å². The molecule has 1 aliphatic heterocycles. The van der Waals surface area contributed by atoms with E-state index in [1.165, 1.54) is 43.9 Å². The van der Waals surface area contributed by atoms with Crippen LogP contribution in [0.1, 0.15) is 32.1 Å². The summed E-state index contributed by atoms with van der Waals surface area (Å²) in [5, 5.41) is 0.840. The van der Waals surface area contributed by atoms with Gasteiger partial charge in [0.15, 0.2) is 5.16 Å². The normalized spacial score (nSPS) is 24.6. The maximum Gasteiger partial charge on any atom is 0.233 e. The Balaban J connectivity index is 1.34. The first kappa shape index (κ1) is 15.1. The van der Waals surface area contributed by atoms with Crippen LogP contribution in [0.3, 0.4) is 0 Å². The number of benzene rings is 1. The minimum atomic E-state index is 0.263. The third-order valence-corrected chi connectivity index (χ3v) is 6.20. The van der Waals surface area contributed by atoms with Gasteiger partial charge in [0.2, 0.25) is 5.91 Å². The molecule has 2 fully saturated rings. The summed E-state index contributed by atoms with van der Waals surface area (Å²) >= 11 is 1.52. The van der Waals surface area contributed by atoms with Crippen molar-refractivity contribution in [1.29, 1.82) is 0 Å². The molecule has 4 rings (SSSR count). The molecular formula is C18H23N3OS. The van der Waals surface area contributed by atoms with E-state index in [2.05, 4.69) is 14.9 Å². The molecule has 1 aliphatic carbocycles. The van der Waals surface area contributed by atoms with Gasteiger partial charge in [-0.25, -0.2) is 4.98 Å². The largest absolute Gasteiger partial charge is 0.342 e. The SMILES string of the molecule is O=C(CSc1nc2ccccc2[nH]1)N1CC[C@H]2CCCC[C@H]2C1. The van der Waals surface area contributed by atoms with E-state index in [0.717, 1.165) is 41.1 Å². The molecule has 0 unspecified atom stereocenters. The summed E-state index contributed by atoms with van der Waals surface area (Å²) in [5.74, 6) is 2.37. The number of imidazole rings is 1. The molecule has 5 heteroatoms. The summed E-state index contributed by atoms with van der Waals surface area (Å²) in [7, 11) is 0. The molecular weight excluding hydrogens is 306 g/mol. The van der Waals surface area contributed by atoms with E-state index in [4.69, 9.17) is 0 Å². The number of para-hydroxylation sites is 2. The molecule has 1 saturated heterocycles. The van der Waals surface area contributed by atoms with Crippen LogP contribution in [-0.4, -0.2) is 39.6 Å². The molecule has 0 bridgehead atoms. The van der Waals surface area contributed by atoms with Crippen molar-refractivity contribution in [2.24, 2.45) is 11.8 Å². The van der Waals surface area contributed by atoms with Crippen molar-refractivity contribution in [3.63, 3.8) is 0 Å². The van der Waals surface area contributed by atoms with Crippen LogP contribution in [0.2, 0.25) is 0 Å². The van der Waals surface area contributed by atoms with Crippen LogP contribution in [-0.2, 0) is 4.79 Å². The van der Waals surface area contributed by atoms with Gasteiger partial charge in [-0.2, -0.15) is 0 Å². The molecule has 1 aromatic heterocycles. The van der Waals surface area contributed by atoms with Crippen molar-refractivity contribution in [1.82, 2.24) is 14.9 Å². The van der Waals surface area contributed by atoms with Gasteiger partial charge in [0.05, 0.1) is 16.8 Å². The van der Waals surface area contributed by atoms with Crippen LogP contribution in [0.4, 0.5) is 0 Å². The predicted molar refractivity (Wildman–Crippen MR) is 93.5 cm³/mol. The second-order valence-corrected chi connectivity index (χ2v) is 7.74. The quantitative estimate of drug-likeness (QED) is 0.874. The summed E-state index contributed by atoms with van der Waals surface area (Å²) in [6.45, 7) is 1.92. The second kappa shape index (κ2) is 6.56. The highest BCUT2D eigenvalue weighted by molar-refractivity contribution is 7.99. The monoisotopic (exact) mass is 329 g/mol. The maximum atomic E-state index is 12.5. The minimum Gasteiger partial charge on any atom is -0.342 e. The number of fused-ring (bicyclic) bond motifs is 2. The van der Waals surface area contributed by atoms with Crippen LogP contribution in [0.25, 0.3) is 11.0 Å². The zero-order valence-corrected chi connectivity index (χ0v) is 14.1. The third kappa shape index (κ3) is 3.25. The fourth-order valence-electron chi connectivity index (χ4n) is 4.05. The highest BCUT2D eigenvalue weighted by Crippen LogP contribution is 2.36.